The van der Waals surface area contributed by atoms with E-state index >= 15 is 0 Å². The summed E-state index contributed by atoms with van der Waals surface area (Å²) in [6, 6.07) is 0. The Hall–Kier alpha value is -9.27. The molecule has 10 rings (SSSR count). The van der Waals surface area contributed by atoms with Crippen LogP contribution < -0.4 is 5.90 Å². The van der Waals surface area contributed by atoms with Gasteiger partial charge in [-0.2, -0.15) is 5.90 Å². The number of unbranched alkanes of at least 4 members (excludes halogenated alkanes) is 5. The summed E-state index contributed by atoms with van der Waals surface area (Å²) in [5.74, 6) is -18.0. The Bertz CT molecular complexity index is 4710. The molecule has 0 aromatic carbocycles. The van der Waals surface area contributed by atoms with Gasteiger partial charge >= 0.3 is 35.8 Å². The predicted octanol–water partition coefficient (Wildman–Crippen LogP) is 17.4. The molecule has 0 saturated heterocycles. The van der Waals surface area contributed by atoms with Crippen molar-refractivity contribution in [2.45, 2.75) is 331 Å². The molecule has 0 aromatic rings. The number of hydrogen-bond acceptors (Lipinski definition) is 28. The number of aliphatic hydroxyl groups is 8. The SMILES string of the molecule is CCCCC(C)C1=C(O)C(=O)C2CC(C)CC(C(=O)O)C2C1(C)C(=O)CC(=O)O.CCCCC(C)C1=C(O)C(=O)C2CC(C)CC(C(=O)O)C2C1(C)C(=O)CC=O.CCCCC(C)C1=C(O)C(=O)C2CC(C)CC(C(=O)O)C2C1(C)C(=O)CCO.CCCCC(C)C1=C(O)C(=O)C2CC(C)CC(C(=O)OC)C2C1(C)C(=O)CCO.CCCCC(C)C1=C(O)C(=O)C2CC(C)CC(C(=O)ON)C2C1(C)C(=O)CCO. The number of carboxylic acids is 4. The van der Waals surface area contributed by atoms with Gasteiger partial charge in [0.05, 0.1) is 70.2 Å². The molecule has 0 heterocycles. The van der Waals surface area contributed by atoms with E-state index in [0.29, 0.717) is 118 Å². The molecule has 10 aliphatic rings. The van der Waals surface area contributed by atoms with Gasteiger partial charge in [0.1, 0.15) is 35.8 Å². The summed E-state index contributed by atoms with van der Waals surface area (Å²) in [4.78, 5) is 221. The highest BCUT2D eigenvalue weighted by Crippen LogP contribution is 2.65. The first-order valence-electron chi connectivity index (χ1n) is 52.7. The highest BCUT2D eigenvalue weighted by molar-refractivity contribution is 6.08. The van der Waals surface area contributed by atoms with Crippen LogP contribution in [0, 0.1) is 175 Å². The molecule has 804 valence electrons. The number of carboxylic acid groups (broad SMARTS) is 4. The second kappa shape index (κ2) is 52.4. The van der Waals surface area contributed by atoms with Gasteiger partial charge < -0.3 is 75.6 Å². The highest BCUT2D eigenvalue weighted by Gasteiger charge is 2.68. The van der Waals surface area contributed by atoms with Crippen molar-refractivity contribution in [2.24, 2.45) is 181 Å². The van der Waals surface area contributed by atoms with Crippen LogP contribution in [0.4, 0.5) is 0 Å². The van der Waals surface area contributed by atoms with E-state index in [4.69, 9.17) is 10.6 Å². The average Bonchev–Trinajstić information content (AvgIpc) is 0.715. The zero-order chi connectivity index (χ0) is 108. The number of ether oxygens (including phenoxy) is 1. The van der Waals surface area contributed by atoms with Gasteiger partial charge in [0.25, 0.3) is 0 Å². The Morgan fingerprint density at radius 2 is 0.545 bits per heavy atom. The molecule has 30 unspecified atom stereocenters. The largest absolute Gasteiger partial charge is 0.504 e. The van der Waals surface area contributed by atoms with Crippen LogP contribution in [-0.2, 0) is 91.1 Å². The van der Waals surface area contributed by atoms with Gasteiger partial charge in [-0.05, 0) is 248 Å². The topological polar surface area (TPSA) is 577 Å². The first-order valence-corrected chi connectivity index (χ1v) is 52.7. The zero-order valence-electron chi connectivity index (χ0n) is 88.5. The fourth-order valence-corrected chi connectivity index (χ4v) is 28.6. The summed E-state index contributed by atoms with van der Waals surface area (Å²) in [7, 11) is 1.33. The highest BCUT2D eigenvalue weighted by atomic mass is 16.7. The number of aliphatic hydroxyl groups excluding tert-OH is 8. The number of hydrogen-bond donors (Lipinski definition) is 13. The number of ketones is 10. The molecule has 5 fully saturated rings. The van der Waals surface area contributed by atoms with Crippen molar-refractivity contribution in [3.05, 3.63) is 56.7 Å². The molecule has 0 spiro atoms. The number of carbonyl (C=O) groups is 17. The molecule has 32 nitrogen and oxygen atoms in total. The summed E-state index contributed by atoms with van der Waals surface area (Å²) in [5.41, 5.74) is -4.73. The maximum Gasteiger partial charge on any atom is 0.327 e. The summed E-state index contributed by atoms with van der Waals surface area (Å²) in [6.45, 7) is 36.5. The summed E-state index contributed by atoms with van der Waals surface area (Å²) in [5, 5.41) is 122. The van der Waals surface area contributed by atoms with Crippen LogP contribution in [0.25, 0.3) is 0 Å². The Morgan fingerprint density at radius 3 is 0.734 bits per heavy atom. The predicted molar refractivity (Wildman–Crippen MR) is 530 cm³/mol. The van der Waals surface area contributed by atoms with Crippen molar-refractivity contribution in [1.29, 1.82) is 0 Å². The zero-order valence-corrected chi connectivity index (χ0v) is 88.5. The van der Waals surface area contributed by atoms with Crippen LogP contribution in [0.15, 0.2) is 56.7 Å². The minimum Gasteiger partial charge on any atom is -0.504 e. The van der Waals surface area contributed by atoms with E-state index in [0.717, 1.165) is 70.6 Å². The number of nitrogens with two attached hydrogens (primary N) is 1. The van der Waals surface area contributed by atoms with Crippen LogP contribution in [0.2, 0.25) is 0 Å². The standard InChI is InChI=1S/C23H36O6.C22H35NO6.C22H32O7.C22H34O6.C22H32O6/c1-6-7-8-14(3)18-21(27)20(26)15-11-13(2)12-16(22(28)29-5)19(15)23(18,4)17(25)9-10-24;1-5-6-7-13(3)17-20(27)19(26)14-10-12(2)11-15(21(28)29-23)18(14)22(17,4)16(25)8-9-24;1-5-6-7-12(3)17-20(27)19(26)13-8-11(2)9-14(21(28)29)18(13)22(17,4)15(23)10-16(24)25;2*1-5-6-7-13(3)17-20(26)19(25)14-10-12(2)11-15(21(27)28)18(14)22(17,4)16(24)8-9-23/h13-16,19,24,27H,6-12H2,1-5H3;12-15,18,24,27H,5-11,23H2,1-4H3;11-14,18,27H,5-10H2,1-4H3,(H,24,25)(H,28,29);12-15,18,23,26H,5-11H2,1-4H3,(H,27,28);9,12-15,18,26H,5-8,10-11H2,1-4H3,(H,27,28). The van der Waals surface area contributed by atoms with Gasteiger partial charge in [0, 0.05) is 68.7 Å². The van der Waals surface area contributed by atoms with Crippen LogP contribution >= 0.6 is 0 Å². The van der Waals surface area contributed by atoms with E-state index in [1.165, 1.54) is 7.11 Å². The first-order chi connectivity index (χ1) is 67.0. The van der Waals surface area contributed by atoms with Crippen molar-refractivity contribution < 1.29 is 152 Å². The first kappa shape index (κ1) is 122. The third-order valence-electron chi connectivity index (χ3n) is 34.9. The quantitative estimate of drug-likeness (QED) is 0.0117. The molecule has 0 aromatic heterocycles. The van der Waals surface area contributed by atoms with Crippen LogP contribution in [0.1, 0.15) is 331 Å². The molecule has 32 heteroatoms. The number of methoxy groups -OCH3 is 1. The third-order valence-corrected chi connectivity index (χ3v) is 34.9. The average molecular weight is 2010 g/mol. The van der Waals surface area contributed by atoms with Crippen molar-refractivity contribution in [2.75, 3.05) is 26.9 Å². The molecule has 5 saturated carbocycles. The summed E-state index contributed by atoms with van der Waals surface area (Å²) < 4.78 is 5.05. The number of carbonyl (C=O) groups excluding carboxylic acids is 13. The fourth-order valence-electron chi connectivity index (χ4n) is 28.6. The van der Waals surface area contributed by atoms with Crippen molar-refractivity contribution in [3.8, 4) is 0 Å². The number of allylic oxidation sites excluding steroid dienone is 10. The van der Waals surface area contributed by atoms with E-state index in [9.17, 15) is 143 Å². The maximum atomic E-state index is 13.4. The van der Waals surface area contributed by atoms with E-state index in [1.807, 2.05) is 90.0 Å². The molecule has 143 heavy (non-hydrogen) atoms. The molecule has 10 aliphatic carbocycles. The second-order valence-corrected chi connectivity index (χ2v) is 44.9. The number of aliphatic carboxylic acids is 4. The van der Waals surface area contributed by atoms with Gasteiger partial charge in [0.15, 0.2) is 34.6 Å². The second-order valence-electron chi connectivity index (χ2n) is 44.9. The number of esters is 1. The lowest BCUT2D eigenvalue weighted by atomic mass is 9.49. The molecule has 0 bridgehead atoms. The van der Waals surface area contributed by atoms with Crippen molar-refractivity contribution >= 4 is 99.9 Å². The molecule has 0 amide bonds. The Kier molecular flexibility index (Phi) is 44.8. The van der Waals surface area contributed by atoms with Crippen LogP contribution in [0.5, 0.6) is 0 Å². The number of fused-ring (bicyclic) bond motifs is 5. The molecular formula is C111H169NO31. The van der Waals surface area contributed by atoms with Crippen molar-refractivity contribution in [1.82, 2.24) is 0 Å². The van der Waals surface area contributed by atoms with E-state index in [2.05, 4.69) is 18.7 Å². The summed E-state index contributed by atoms with van der Waals surface area (Å²) in [6.07, 6.45) is 15.9. The molecule has 0 radical (unpaired) electrons. The maximum absolute atomic E-state index is 13.4. The van der Waals surface area contributed by atoms with Gasteiger partial charge in [-0.25, -0.2) is 0 Å². The van der Waals surface area contributed by atoms with E-state index < -0.39 is 199 Å². The Balaban J connectivity index is 0.000000274. The van der Waals surface area contributed by atoms with E-state index in [-0.39, 0.29) is 156 Å². The molecule has 30 atom stereocenters. The third kappa shape index (κ3) is 25.1. The lowest BCUT2D eigenvalue weighted by Crippen LogP contribution is -2.56. The lowest BCUT2D eigenvalue weighted by molar-refractivity contribution is -0.163. The number of aldehydes is 1. The minimum atomic E-state index is -1.50. The van der Waals surface area contributed by atoms with Gasteiger partial charge in [-0.3, -0.25) is 76.7 Å². The molecule has 14 N–H and O–H groups in total. The van der Waals surface area contributed by atoms with Gasteiger partial charge in [-0.15, -0.1) is 0 Å². The number of rotatable bonds is 40. The Morgan fingerprint density at radius 1 is 0.343 bits per heavy atom. The smallest absolute Gasteiger partial charge is 0.327 e. The normalized spacial score (nSPS) is 33.5. The summed E-state index contributed by atoms with van der Waals surface area (Å²) >= 11 is 0. The van der Waals surface area contributed by atoms with Gasteiger partial charge in [0.2, 0.25) is 28.9 Å². The lowest BCUT2D eigenvalue weighted by Gasteiger charge is -2.52. The van der Waals surface area contributed by atoms with E-state index in [1.54, 1.807) is 34.6 Å². The minimum absolute atomic E-state index is 0.00332. The van der Waals surface area contributed by atoms with Crippen molar-refractivity contribution in [3.63, 3.8) is 0 Å². The molecular weight excluding hydrogens is 1840 g/mol. The van der Waals surface area contributed by atoms with Gasteiger partial charge in [-0.1, -0.05) is 168 Å². The van der Waals surface area contributed by atoms with Crippen LogP contribution in [-0.4, -0.2) is 188 Å². The fraction of sp³-hybridized carbons (Fsp3) is 0.757. The number of Topliss-reactive ketones (excluding diaryl/α,β-unsaturated/α-hetero) is 10. The van der Waals surface area contributed by atoms with Crippen LogP contribution in [0.3, 0.4) is 0 Å². The molecule has 0 aliphatic heterocycles. The Labute approximate surface area is 843 Å². The monoisotopic (exact) mass is 2010 g/mol.